The molecule has 0 radical (unpaired) electrons. The van der Waals surface area contributed by atoms with Gasteiger partial charge in [-0.15, -0.1) is 0 Å². The second kappa shape index (κ2) is 5.75. The lowest BCUT2D eigenvalue weighted by Crippen LogP contribution is -2.30. The van der Waals surface area contributed by atoms with Gasteiger partial charge in [-0.1, -0.05) is 0 Å². The quantitative estimate of drug-likeness (QED) is 0.616. The minimum absolute atomic E-state index is 0.0616. The molecular weight excluding hydrogens is 235 g/mol. The highest BCUT2D eigenvalue weighted by Crippen LogP contribution is 2.16. The average molecular weight is 243 g/mol. The Hall–Kier alpha value is -2.23. The maximum atomic E-state index is 12.8. The van der Waals surface area contributed by atoms with Crippen molar-refractivity contribution in [1.29, 1.82) is 5.26 Å². The fourth-order valence-corrected chi connectivity index (χ4v) is 1.04. The van der Waals surface area contributed by atoms with Gasteiger partial charge in [-0.3, -0.25) is 4.79 Å². The standard InChI is InChI=1S/C10H8F3N3O/c11-7-3-6(4-8(12)10(7)13)16-5-9(17)15-2-1-14/h3-4,16H,2,5H2,(H,15,17). The molecule has 0 fully saturated rings. The van der Waals surface area contributed by atoms with Crippen molar-refractivity contribution in [2.75, 3.05) is 18.4 Å². The normalized spacial score (nSPS) is 9.53. The van der Waals surface area contributed by atoms with E-state index in [1.165, 1.54) is 0 Å². The number of amides is 1. The van der Waals surface area contributed by atoms with Crippen molar-refractivity contribution in [1.82, 2.24) is 5.32 Å². The number of anilines is 1. The molecule has 1 rings (SSSR count). The number of hydrogen-bond donors (Lipinski definition) is 2. The van der Waals surface area contributed by atoms with Gasteiger partial charge in [0.05, 0.1) is 12.6 Å². The molecule has 0 saturated carbocycles. The van der Waals surface area contributed by atoms with Crippen molar-refractivity contribution in [2.45, 2.75) is 0 Å². The predicted molar refractivity (Wildman–Crippen MR) is 53.4 cm³/mol. The van der Waals surface area contributed by atoms with Crippen LogP contribution in [0.5, 0.6) is 0 Å². The summed E-state index contributed by atoms with van der Waals surface area (Å²) in [4.78, 5) is 11.0. The van der Waals surface area contributed by atoms with Crippen molar-refractivity contribution in [3.63, 3.8) is 0 Å². The molecule has 0 aliphatic heterocycles. The van der Waals surface area contributed by atoms with Gasteiger partial charge in [-0.2, -0.15) is 5.26 Å². The van der Waals surface area contributed by atoms with Gasteiger partial charge >= 0.3 is 0 Å². The lowest BCUT2D eigenvalue weighted by Gasteiger charge is -2.06. The second-order valence-corrected chi connectivity index (χ2v) is 3.04. The summed E-state index contributed by atoms with van der Waals surface area (Å²) in [6.45, 7) is -0.432. The summed E-state index contributed by atoms with van der Waals surface area (Å²) in [5.41, 5.74) is -0.0616. The van der Waals surface area contributed by atoms with Crippen LogP contribution in [0.2, 0.25) is 0 Å². The van der Waals surface area contributed by atoms with Crippen molar-refractivity contribution in [3.05, 3.63) is 29.6 Å². The fourth-order valence-electron chi connectivity index (χ4n) is 1.04. The van der Waals surface area contributed by atoms with E-state index < -0.39 is 23.4 Å². The number of benzene rings is 1. The Morgan fingerprint density at radius 2 is 1.88 bits per heavy atom. The van der Waals surface area contributed by atoms with Crippen molar-refractivity contribution < 1.29 is 18.0 Å². The van der Waals surface area contributed by atoms with E-state index in [4.69, 9.17) is 5.26 Å². The van der Waals surface area contributed by atoms with Gasteiger partial charge in [-0.25, -0.2) is 13.2 Å². The maximum absolute atomic E-state index is 12.8. The summed E-state index contributed by atoms with van der Waals surface area (Å²) in [6, 6.07) is 3.16. The first-order valence-electron chi connectivity index (χ1n) is 4.56. The summed E-state index contributed by atoms with van der Waals surface area (Å²) < 4.78 is 38.1. The molecule has 2 N–H and O–H groups in total. The van der Waals surface area contributed by atoms with E-state index in [0.29, 0.717) is 0 Å². The molecule has 0 unspecified atom stereocenters. The van der Waals surface area contributed by atoms with Gasteiger partial charge in [-0.05, 0) is 0 Å². The Bertz CT molecular complexity index is 447. The molecule has 0 aliphatic carbocycles. The zero-order valence-corrected chi connectivity index (χ0v) is 8.56. The summed E-state index contributed by atoms with van der Waals surface area (Å²) in [5.74, 6) is -4.77. The van der Waals surface area contributed by atoms with Crippen LogP contribution in [0.1, 0.15) is 0 Å². The van der Waals surface area contributed by atoms with Crippen LogP contribution in [0.3, 0.4) is 0 Å². The molecular formula is C10H8F3N3O. The third-order valence-corrected chi connectivity index (χ3v) is 1.80. The van der Waals surface area contributed by atoms with E-state index in [9.17, 15) is 18.0 Å². The number of nitrogens with one attached hydrogen (secondary N) is 2. The molecule has 17 heavy (non-hydrogen) atoms. The topological polar surface area (TPSA) is 64.9 Å². The Kier molecular flexibility index (Phi) is 4.34. The third kappa shape index (κ3) is 3.68. The molecule has 1 aromatic carbocycles. The zero-order valence-electron chi connectivity index (χ0n) is 8.56. The van der Waals surface area contributed by atoms with Gasteiger partial charge in [0.25, 0.3) is 0 Å². The van der Waals surface area contributed by atoms with Crippen LogP contribution in [0, 0.1) is 28.8 Å². The van der Waals surface area contributed by atoms with Gasteiger partial charge in [0, 0.05) is 17.8 Å². The van der Waals surface area contributed by atoms with Crippen LogP contribution in [-0.2, 0) is 4.79 Å². The summed E-state index contributed by atoms with van der Waals surface area (Å²) in [5, 5.41) is 12.8. The highest BCUT2D eigenvalue weighted by molar-refractivity contribution is 5.80. The smallest absolute Gasteiger partial charge is 0.240 e. The first-order chi connectivity index (χ1) is 8.04. The average Bonchev–Trinajstić information content (AvgIpc) is 2.30. The molecule has 4 nitrogen and oxygen atoms in total. The van der Waals surface area contributed by atoms with Gasteiger partial charge in [0.2, 0.25) is 5.91 Å². The Morgan fingerprint density at radius 3 is 2.41 bits per heavy atom. The number of carbonyl (C=O) groups excluding carboxylic acids is 1. The molecule has 1 amide bonds. The number of carbonyl (C=O) groups is 1. The van der Waals surface area contributed by atoms with Crippen LogP contribution in [-0.4, -0.2) is 19.0 Å². The van der Waals surface area contributed by atoms with E-state index in [2.05, 4.69) is 10.6 Å². The molecule has 0 spiro atoms. The molecule has 7 heteroatoms. The molecule has 0 saturated heterocycles. The Morgan fingerprint density at radius 1 is 1.29 bits per heavy atom. The molecule has 0 aromatic heterocycles. The molecule has 0 aliphatic rings. The van der Waals surface area contributed by atoms with Crippen molar-refractivity contribution in [2.24, 2.45) is 0 Å². The fraction of sp³-hybridized carbons (Fsp3) is 0.200. The molecule has 0 bridgehead atoms. The van der Waals surface area contributed by atoms with Crippen LogP contribution >= 0.6 is 0 Å². The Balaban J connectivity index is 2.59. The number of nitrogens with zero attached hydrogens (tertiary/aromatic N) is 1. The minimum Gasteiger partial charge on any atom is -0.376 e. The van der Waals surface area contributed by atoms with E-state index in [1.54, 1.807) is 6.07 Å². The number of nitriles is 1. The predicted octanol–water partition coefficient (Wildman–Crippen LogP) is 1.16. The largest absolute Gasteiger partial charge is 0.376 e. The summed E-state index contributed by atoms with van der Waals surface area (Å²) in [7, 11) is 0. The highest BCUT2D eigenvalue weighted by Gasteiger charge is 2.10. The van der Waals surface area contributed by atoms with E-state index in [1.807, 2.05) is 0 Å². The summed E-state index contributed by atoms with van der Waals surface area (Å²) in [6.07, 6.45) is 0. The molecule has 0 atom stereocenters. The lowest BCUT2D eigenvalue weighted by molar-refractivity contribution is -0.119. The second-order valence-electron chi connectivity index (χ2n) is 3.04. The van der Waals surface area contributed by atoms with Crippen molar-refractivity contribution in [3.8, 4) is 6.07 Å². The molecule has 1 aromatic rings. The Labute approximate surface area is 95.0 Å². The number of rotatable bonds is 4. The zero-order chi connectivity index (χ0) is 12.8. The van der Waals surface area contributed by atoms with Crippen molar-refractivity contribution >= 4 is 11.6 Å². The third-order valence-electron chi connectivity index (χ3n) is 1.80. The van der Waals surface area contributed by atoms with E-state index in [0.717, 1.165) is 12.1 Å². The first kappa shape index (κ1) is 12.8. The lowest BCUT2D eigenvalue weighted by atomic mass is 10.3. The monoisotopic (exact) mass is 243 g/mol. The maximum Gasteiger partial charge on any atom is 0.240 e. The first-order valence-corrected chi connectivity index (χ1v) is 4.56. The highest BCUT2D eigenvalue weighted by atomic mass is 19.2. The van der Waals surface area contributed by atoms with Gasteiger partial charge < -0.3 is 10.6 Å². The molecule has 90 valence electrons. The molecule has 0 heterocycles. The van der Waals surface area contributed by atoms with Crippen LogP contribution in [0.25, 0.3) is 0 Å². The van der Waals surface area contributed by atoms with Gasteiger partial charge in [0.15, 0.2) is 17.5 Å². The SMILES string of the molecule is N#CCNC(=O)CNc1cc(F)c(F)c(F)c1. The minimum atomic E-state index is -1.57. The van der Waals surface area contributed by atoms with E-state index >= 15 is 0 Å². The van der Waals surface area contributed by atoms with Crippen LogP contribution in [0.15, 0.2) is 12.1 Å². The van der Waals surface area contributed by atoms with Gasteiger partial charge in [0.1, 0.15) is 6.54 Å². The van der Waals surface area contributed by atoms with E-state index in [-0.39, 0.29) is 18.8 Å². The van der Waals surface area contributed by atoms with Crippen LogP contribution < -0.4 is 10.6 Å². The van der Waals surface area contributed by atoms with Crippen LogP contribution in [0.4, 0.5) is 18.9 Å². The summed E-state index contributed by atoms with van der Waals surface area (Å²) >= 11 is 0. The number of halogens is 3. The number of hydrogen-bond acceptors (Lipinski definition) is 3.